The van der Waals surface area contributed by atoms with Gasteiger partial charge in [0.2, 0.25) is 0 Å². The van der Waals surface area contributed by atoms with Crippen molar-refractivity contribution in [2.24, 2.45) is 5.10 Å². The molecule has 0 atom stereocenters. The number of nitrogens with one attached hydrogen (secondary N) is 3. The van der Waals surface area contributed by atoms with Crippen LogP contribution in [0.1, 0.15) is 36.8 Å². The molecule has 2 aromatic carbocycles. The summed E-state index contributed by atoms with van der Waals surface area (Å²) in [5.74, 6) is -1.40. The summed E-state index contributed by atoms with van der Waals surface area (Å²) in [6.45, 7) is 2.03. The van der Waals surface area contributed by atoms with Crippen molar-refractivity contribution in [2.75, 3.05) is 5.32 Å². The highest BCUT2D eigenvalue weighted by molar-refractivity contribution is 9.10. The fourth-order valence-electron chi connectivity index (χ4n) is 3.14. The Kier molecular flexibility index (Phi) is 6.81. The molecule has 0 heterocycles. The number of nitrogens with zero attached hydrogens (tertiary/aromatic N) is 1. The molecule has 0 radical (unpaired) electrons. The number of para-hydroxylation sites is 1. The summed E-state index contributed by atoms with van der Waals surface area (Å²) >= 11 is 3.45. The summed E-state index contributed by atoms with van der Waals surface area (Å²) in [6.07, 6.45) is 5.54. The number of hydrogen-bond acceptors (Lipinski definition) is 4. The van der Waals surface area contributed by atoms with Gasteiger partial charge in [0.25, 0.3) is 0 Å². The number of benzene rings is 2. The molecular weight excluding hydrogens is 420 g/mol. The number of carbonyl (C=O) groups is 2. The van der Waals surface area contributed by atoms with Crippen LogP contribution in [-0.2, 0) is 9.59 Å². The predicted molar refractivity (Wildman–Crippen MR) is 115 cm³/mol. The highest BCUT2D eigenvalue weighted by Gasteiger charge is 2.21. The summed E-state index contributed by atoms with van der Waals surface area (Å²) in [6, 6.07) is 13.8. The van der Waals surface area contributed by atoms with E-state index in [0.29, 0.717) is 0 Å². The molecule has 1 fully saturated rings. The average Bonchev–Trinajstić information content (AvgIpc) is 3.18. The molecule has 3 N–H and O–H groups in total. The normalized spacial score (nSPS) is 14.2. The van der Waals surface area contributed by atoms with Crippen LogP contribution in [0.3, 0.4) is 0 Å². The summed E-state index contributed by atoms with van der Waals surface area (Å²) in [5, 5.41) is 10.1. The van der Waals surface area contributed by atoms with Crippen LogP contribution in [0, 0.1) is 6.92 Å². The molecule has 0 unspecified atom stereocenters. The van der Waals surface area contributed by atoms with E-state index < -0.39 is 11.8 Å². The summed E-state index contributed by atoms with van der Waals surface area (Å²) in [7, 11) is 0. The van der Waals surface area contributed by atoms with Gasteiger partial charge in [0.05, 0.1) is 6.21 Å². The minimum absolute atomic E-state index is 0.0947. The van der Waals surface area contributed by atoms with Gasteiger partial charge in [-0.05, 0) is 49.6 Å². The molecule has 1 aliphatic rings. The maximum atomic E-state index is 11.9. The maximum absolute atomic E-state index is 11.9. The second kappa shape index (κ2) is 9.50. The van der Waals surface area contributed by atoms with Crippen molar-refractivity contribution >= 4 is 45.3 Å². The minimum atomic E-state index is -0.758. The lowest BCUT2D eigenvalue weighted by Gasteiger charge is -2.12. The Morgan fingerprint density at radius 2 is 1.82 bits per heavy atom. The van der Waals surface area contributed by atoms with Crippen LogP contribution in [0.25, 0.3) is 0 Å². The Balaban J connectivity index is 1.65. The monoisotopic (exact) mass is 442 g/mol. The first-order valence-corrected chi connectivity index (χ1v) is 10.1. The van der Waals surface area contributed by atoms with Crippen molar-refractivity contribution in [1.82, 2.24) is 10.7 Å². The van der Waals surface area contributed by atoms with Crippen LogP contribution >= 0.6 is 15.9 Å². The summed E-state index contributed by atoms with van der Waals surface area (Å²) in [4.78, 5) is 23.9. The molecule has 2 amide bonds. The Hall–Kier alpha value is -2.67. The van der Waals surface area contributed by atoms with E-state index in [0.717, 1.165) is 52.7 Å². The fraction of sp³-hybridized carbons (Fsp3) is 0.286. The number of halogens is 1. The maximum Gasteiger partial charge on any atom is 0.329 e. The molecule has 146 valence electrons. The molecule has 1 saturated carbocycles. The van der Waals surface area contributed by atoms with Crippen LogP contribution in [0.15, 0.2) is 52.0 Å². The Morgan fingerprint density at radius 3 is 2.57 bits per heavy atom. The lowest BCUT2D eigenvalue weighted by Crippen LogP contribution is -2.42. The predicted octanol–water partition coefficient (Wildman–Crippen LogP) is 4.01. The van der Waals surface area contributed by atoms with E-state index in [4.69, 9.17) is 0 Å². The minimum Gasteiger partial charge on any atom is -0.355 e. The van der Waals surface area contributed by atoms with E-state index in [9.17, 15) is 9.59 Å². The third kappa shape index (κ3) is 5.42. The average molecular weight is 443 g/mol. The second-order valence-corrected chi connectivity index (χ2v) is 7.74. The molecule has 1 aliphatic carbocycles. The van der Waals surface area contributed by atoms with Crippen molar-refractivity contribution in [1.29, 1.82) is 0 Å². The first-order valence-electron chi connectivity index (χ1n) is 9.29. The van der Waals surface area contributed by atoms with Crippen LogP contribution < -0.4 is 16.1 Å². The number of hydrazone groups is 1. The van der Waals surface area contributed by atoms with Crippen LogP contribution in [0.5, 0.6) is 0 Å². The first-order chi connectivity index (χ1) is 13.5. The zero-order chi connectivity index (χ0) is 19.9. The number of carbonyl (C=O) groups excluding carboxylic acids is 2. The molecule has 28 heavy (non-hydrogen) atoms. The fourth-order valence-corrected chi connectivity index (χ4v) is 3.52. The van der Waals surface area contributed by atoms with Crippen LogP contribution in [-0.4, -0.2) is 24.1 Å². The van der Waals surface area contributed by atoms with Crippen molar-refractivity contribution < 1.29 is 9.59 Å². The van der Waals surface area contributed by atoms with Crippen molar-refractivity contribution in [3.8, 4) is 0 Å². The van der Waals surface area contributed by atoms with E-state index in [2.05, 4.69) is 37.1 Å². The van der Waals surface area contributed by atoms with Gasteiger partial charge in [0.15, 0.2) is 0 Å². The summed E-state index contributed by atoms with van der Waals surface area (Å²) < 4.78 is 0.884. The molecule has 6 nitrogen and oxygen atoms in total. The third-order valence-electron chi connectivity index (χ3n) is 4.69. The SMILES string of the molecule is Cc1ccccc1Nc1ccc(Br)cc1/C=N\NC(=O)C(=O)NC1CCCC1. The van der Waals surface area contributed by atoms with E-state index in [1.165, 1.54) is 6.21 Å². The van der Waals surface area contributed by atoms with Crippen LogP contribution in [0.2, 0.25) is 0 Å². The molecule has 0 spiro atoms. The third-order valence-corrected chi connectivity index (χ3v) is 5.19. The molecule has 0 aliphatic heterocycles. The van der Waals surface area contributed by atoms with Gasteiger partial charge >= 0.3 is 11.8 Å². The Morgan fingerprint density at radius 1 is 1.07 bits per heavy atom. The van der Waals surface area contributed by atoms with E-state index in [1.54, 1.807) is 0 Å². The number of aryl methyl sites for hydroxylation is 1. The van der Waals surface area contributed by atoms with Gasteiger partial charge < -0.3 is 10.6 Å². The molecule has 7 heteroatoms. The standard InChI is InChI=1S/C21H23BrN4O2/c1-14-6-2-5-9-18(14)25-19-11-10-16(22)12-15(19)13-23-26-21(28)20(27)24-17-7-3-4-8-17/h2,5-6,9-13,17,25H,3-4,7-8H2,1H3,(H,24,27)(H,26,28)/b23-13-. The lowest BCUT2D eigenvalue weighted by molar-refractivity contribution is -0.139. The number of amides is 2. The molecular formula is C21H23BrN4O2. The van der Waals surface area contributed by atoms with Gasteiger partial charge in [-0.1, -0.05) is 47.0 Å². The second-order valence-electron chi connectivity index (χ2n) is 6.83. The summed E-state index contributed by atoms with van der Waals surface area (Å²) in [5.41, 5.74) is 6.01. The van der Waals surface area contributed by atoms with Gasteiger partial charge in [0, 0.05) is 27.5 Å². The van der Waals surface area contributed by atoms with Crippen molar-refractivity contribution in [3.05, 3.63) is 58.1 Å². The van der Waals surface area contributed by atoms with Gasteiger partial charge in [-0.3, -0.25) is 9.59 Å². The molecule has 3 rings (SSSR count). The molecule has 0 saturated heterocycles. The van der Waals surface area contributed by atoms with Crippen molar-refractivity contribution in [2.45, 2.75) is 38.6 Å². The van der Waals surface area contributed by atoms with Crippen molar-refractivity contribution in [3.63, 3.8) is 0 Å². The topological polar surface area (TPSA) is 82.6 Å². The van der Waals surface area contributed by atoms with Gasteiger partial charge in [-0.25, -0.2) is 5.43 Å². The van der Waals surface area contributed by atoms with Gasteiger partial charge in [0.1, 0.15) is 0 Å². The largest absolute Gasteiger partial charge is 0.355 e. The molecule has 2 aromatic rings. The molecule has 0 bridgehead atoms. The number of anilines is 2. The number of hydrogen-bond donors (Lipinski definition) is 3. The highest BCUT2D eigenvalue weighted by atomic mass is 79.9. The Labute approximate surface area is 172 Å². The zero-order valence-corrected chi connectivity index (χ0v) is 17.3. The van der Waals surface area contributed by atoms with E-state index >= 15 is 0 Å². The van der Waals surface area contributed by atoms with E-state index in [-0.39, 0.29) is 6.04 Å². The number of rotatable bonds is 5. The lowest BCUT2D eigenvalue weighted by atomic mass is 10.1. The van der Waals surface area contributed by atoms with Crippen LogP contribution in [0.4, 0.5) is 11.4 Å². The van der Waals surface area contributed by atoms with E-state index in [1.807, 2.05) is 49.4 Å². The zero-order valence-electron chi connectivity index (χ0n) is 15.7. The quantitative estimate of drug-likeness (QED) is 0.371. The van der Waals surface area contributed by atoms with Gasteiger partial charge in [-0.2, -0.15) is 5.10 Å². The Bertz CT molecular complexity index is 892. The highest BCUT2D eigenvalue weighted by Crippen LogP contribution is 2.25. The molecule has 0 aromatic heterocycles. The first kappa shape index (κ1) is 20.1. The van der Waals surface area contributed by atoms with Gasteiger partial charge in [-0.15, -0.1) is 0 Å². The smallest absolute Gasteiger partial charge is 0.329 e.